The molecule has 5 heteroatoms. The number of aromatic nitrogens is 4. The molecule has 0 aromatic carbocycles. The number of nitrogens with zero attached hydrogens (tertiary/aromatic N) is 4. The number of rotatable bonds is 1. The molecule has 0 radical (unpaired) electrons. The second-order valence-electron chi connectivity index (χ2n) is 2.45. The Bertz CT molecular complexity index is 390. The van der Waals surface area contributed by atoms with Crippen molar-refractivity contribution in [1.82, 2.24) is 19.7 Å². The van der Waals surface area contributed by atoms with Crippen molar-refractivity contribution in [2.45, 2.75) is 13.8 Å². The van der Waals surface area contributed by atoms with E-state index >= 15 is 0 Å². The summed E-state index contributed by atoms with van der Waals surface area (Å²) in [5, 5.41) is 9.79. The van der Waals surface area contributed by atoms with Crippen LogP contribution in [0.25, 0.3) is 5.13 Å². The molecule has 0 aliphatic heterocycles. The van der Waals surface area contributed by atoms with Crippen LogP contribution in [0.4, 0.5) is 0 Å². The average molecular weight is 180 g/mol. The van der Waals surface area contributed by atoms with E-state index in [1.807, 2.05) is 24.6 Å². The first-order chi connectivity index (χ1) is 5.77. The molecule has 0 fully saturated rings. The predicted octanol–water partition coefficient (Wildman–Crippen LogP) is 1.34. The van der Waals surface area contributed by atoms with Crippen LogP contribution >= 0.6 is 11.3 Å². The van der Waals surface area contributed by atoms with E-state index in [2.05, 4.69) is 15.2 Å². The highest BCUT2D eigenvalue weighted by Gasteiger charge is 2.04. The van der Waals surface area contributed by atoms with Crippen molar-refractivity contribution in [3.05, 3.63) is 23.2 Å². The molecule has 0 unspecified atom stereocenters. The lowest BCUT2D eigenvalue weighted by atomic mass is 10.7. The summed E-state index contributed by atoms with van der Waals surface area (Å²) in [5.74, 6) is 0.936. The van der Waals surface area contributed by atoms with E-state index < -0.39 is 0 Å². The Morgan fingerprint density at radius 3 is 2.67 bits per heavy atom. The van der Waals surface area contributed by atoms with Crippen molar-refractivity contribution in [3.8, 4) is 5.13 Å². The number of aryl methyl sites for hydroxylation is 2. The number of hydrogen-bond acceptors (Lipinski definition) is 4. The van der Waals surface area contributed by atoms with Crippen LogP contribution in [0, 0.1) is 13.8 Å². The second kappa shape index (κ2) is 2.67. The lowest BCUT2D eigenvalue weighted by Gasteiger charge is -1.95. The van der Waals surface area contributed by atoms with Gasteiger partial charge < -0.3 is 0 Å². The highest BCUT2D eigenvalue weighted by atomic mass is 32.1. The first-order valence-corrected chi connectivity index (χ1v) is 4.39. The molecule has 2 heterocycles. The molecule has 0 bridgehead atoms. The van der Waals surface area contributed by atoms with Gasteiger partial charge in [0.15, 0.2) is 0 Å². The van der Waals surface area contributed by atoms with Gasteiger partial charge in [0.25, 0.3) is 0 Å². The van der Waals surface area contributed by atoms with E-state index in [-0.39, 0.29) is 0 Å². The Kier molecular flexibility index (Phi) is 1.65. The van der Waals surface area contributed by atoms with Gasteiger partial charge in [-0.25, -0.2) is 4.98 Å². The number of imidazole rings is 1. The number of hydrogen-bond donors (Lipinski definition) is 0. The Balaban J connectivity index is 2.50. The fourth-order valence-corrected chi connectivity index (χ4v) is 1.68. The normalized spacial score (nSPS) is 10.5. The quantitative estimate of drug-likeness (QED) is 0.665. The van der Waals surface area contributed by atoms with Gasteiger partial charge in [-0.05, 0) is 13.8 Å². The maximum absolute atomic E-state index is 4.10. The molecule has 0 amide bonds. The lowest BCUT2D eigenvalue weighted by molar-refractivity contribution is 0.914. The molecular weight excluding hydrogens is 172 g/mol. The van der Waals surface area contributed by atoms with Gasteiger partial charge in [-0.2, -0.15) is 0 Å². The summed E-state index contributed by atoms with van der Waals surface area (Å²) in [6.07, 6.45) is 3.64. The van der Waals surface area contributed by atoms with E-state index in [4.69, 9.17) is 0 Å². The third-order valence-electron chi connectivity index (χ3n) is 1.55. The predicted molar refractivity (Wildman–Crippen MR) is 46.5 cm³/mol. The molecule has 0 spiro atoms. The van der Waals surface area contributed by atoms with Crippen molar-refractivity contribution in [2.24, 2.45) is 0 Å². The Morgan fingerprint density at radius 1 is 1.33 bits per heavy atom. The smallest absolute Gasteiger partial charge is 0.217 e. The summed E-state index contributed by atoms with van der Waals surface area (Å²) in [5.41, 5.74) is 0. The van der Waals surface area contributed by atoms with Gasteiger partial charge in [0, 0.05) is 12.4 Å². The minimum Gasteiger partial charge on any atom is -0.278 e. The van der Waals surface area contributed by atoms with Crippen LogP contribution in [-0.4, -0.2) is 19.7 Å². The van der Waals surface area contributed by atoms with E-state index in [1.165, 1.54) is 0 Å². The maximum Gasteiger partial charge on any atom is 0.217 e. The molecule has 0 saturated heterocycles. The van der Waals surface area contributed by atoms with Crippen molar-refractivity contribution in [3.63, 3.8) is 0 Å². The van der Waals surface area contributed by atoms with Crippen LogP contribution in [0.1, 0.15) is 10.8 Å². The minimum atomic E-state index is 0.877. The topological polar surface area (TPSA) is 43.6 Å². The van der Waals surface area contributed by atoms with Crippen molar-refractivity contribution < 1.29 is 0 Å². The monoisotopic (exact) mass is 180 g/mol. The molecule has 4 nitrogen and oxygen atoms in total. The lowest BCUT2D eigenvalue weighted by Crippen LogP contribution is -1.93. The summed E-state index contributed by atoms with van der Waals surface area (Å²) in [7, 11) is 0. The standard InChI is InChI=1S/C7H8N4S/c1-5-8-3-4-11(5)7-10-9-6(2)12-7/h3-4H,1-2H3. The van der Waals surface area contributed by atoms with E-state index in [1.54, 1.807) is 17.5 Å². The van der Waals surface area contributed by atoms with Gasteiger partial charge in [0.2, 0.25) is 5.13 Å². The van der Waals surface area contributed by atoms with Crippen LogP contribution in [-0.2, 0) is 0 Å². The molecule has 62 valence electrons. The molecule has 0 aliphatic carbocycles. The molecule has 0 N–H and O–H groups in total. The fraction of sp³-hybridized carbons (Fsp3) is 0.286. The Morgan fingerprint density at radius 2 is 2.17 bits per heavy atom. The van der Waals surface area contributed by atoms with E-state index in [0.29, 0.717) is 0 Å². The SMILES string of the molecule is Cc1nnc(-n2ccnc2C)s1. The van der Waals surface area contributed by atoms with Crippen molar-refractivity contribution in [1.29, 1.82) is 0 Å². The summed E-state index contributed by atoms with van der Waals surface area (Å²) in [4.78, 5) is 4.10. The Labute approximate surface area is 73.9 Å². The van der Waals surface area contributed by atoms with Gasteiger partial charge in [-0.3, -0.25) is 4.57 Å². The van der Waals surface area contributed by atoms with Crippen LogP contribution in [0.3, 0.4) is 0 Å². The zero-order valence-electron chi connectivity index (χ0n) is 6.85. The van der Waals surface area contributed by atoms with Crippen LogP contribution in [0.5, 0.6) is 0 Å². The summed E-state index contributed by atoms with van der Waals surface area (Å²) >= 11 is 1.56. The first-order valence-electron chi connectivity index (χ1n) is 3.58. The fourth-order valence-electron chi connectivity index (χ4n) is 0.964. The highest BCUT2D eigenvalue weighted by Crippen LogP contribution is 2.14. The minimum absolute atomic E-state index is 0.877. The van der Waals surface area contributed by atoms with E-state index in [9.17, 15) is 0 Å². The molecule has 0 saturated carbocycles. The van der Waals surface area contributed by atoms with Crippen LogP contribution in [0.2, 0.25) is 0 Å². The molecular formula is C7H8N4S. The molecule has 0 aliphatic rings. The van der Waals surface area contributed by atoms with E-state index in [0.717, 1.165) is 16.0 Å². The third-order valence-corrected chi connectivity index (χ3v) is 2.39. The zero-order chi connectivity index (χ0) is 8.55. The molecule has 0 atom stereocenters. The van der Waals surface area contributed by atoms with Gasteiger partial charge in [0.05, 0.1) is 0 Å². The van der Waals surface area contributed by atoms with Crippen LogP contribution in [0.15, 0.2) is 12.4 Å². The van der Waals surface area contributed by atoms with Gasteiger partial charge >= 0.3 is 0 Å². The molecule has 2 aromatic heterocycles. The largest absolute Gasteiger partial charge is 0.278 e. The van der Waals surface area contributed by atoms with Gasteiger partial charge in [-0.15, -0.1) is 10.2 Å². The van der Waals surface area contributed by atoms with Gasteiger partial charge in [-0.1, -0.05) is 11.3 Å². The molecule has 2 aromatic rings. The third kappa shape index (κ3) is 1.12. The summed E-state index contributed by atoms with van der Waals surface area (Å²) < 4.78 is 1.92. The average Bonchev–Trinajstić information content (AvgIpc) is 2.58. The summed E-state index contributed by atoms with van der Waals surface area (Å²) in [6.45, 7) is 3.88. The summed E-state index contributed by atoms with van der Waals surface area (Å²) in [6, 6.07) is 0. The maximum atomic E-state index is 4.10. The first kappa shape index (κ1) is 7.42. The van der Waals surface area contributed by atoms with Gasteiger partial charge in [0.1, 0.15) is 10.8 Å². The van der Waals surface area contributed by atoms with Crippen molar-refractivity contribution in [2.75, 3.05) is 0 Å². The second-order valence-corrected chi connectivity index (χ2v) is 3.61. The van der Waals surface area contributed by atoms with Crippen LogP contribution < -0.4 is 0 Å². The molecule has 12 heavy (non-hydrogen) atoms. The molecule has 2 rings (SSSR count). The van der Waals surface area contributed by atoms with Crippen molar-refractivity contribution >= 4 is 11.3 Å². The zero-order valence-corrected chi connectivity index (χ0v) is 7.67. The Hall–Kier alpha value is -1.23. The highest BCUT2D eigenvalue weighted by molar-refractivity contribution is 7.13.